The average Bonchev–Trinajstić information content (AvgIpc) is 3.37. The van der Waals surface area contributed by atoms with Gasteiger partial charge in [-0.15, -0.1) is 0 Å². The van der Waals surface area contributed by atoms with Crippen molar-refractivity contribution in [2.24, 2.45) is 5.92 Å². The summed E-state index contributed by atoms with van der Waals surface area (Å²) in [7, 11) is 3.75. The van der Waals surface area contributed by atoms with Gasteiger partial charge in [0.25, 0.3) is 0 Å². The Hall–Kier alpha value is -2.11. The van der Waals surface area contributed by atoms with E-state index in [0.717, 1.165) is 55.0 Å². The van der Waals surface area contributed by atoms with Crippen molar-refractivity contribution in [2.75, 3.05) is 33.0 Å². The molecule has 2 atom stereocenters. The molecule has 2 heterocycles. The van der Waals surface area contributed by atoms with Crippen molar-refractivity contribution >= 4 is 23.1 Å². The van der Waals surface area contributed by atoms with Crippen molar-refractivity contribution < 1.29 is 24.5 Å². The molecule has 0 aromatic carbocycles. The minimum atomic E-state index is -1.50. The molecule has 0 radical (unpaired) electrons. The highest BCUT2D eigenvalue weighted by atomic mass is 16.7. The van der Waals surface area contributed by atoms with Crippen LogP contribution in [0, 0.1) is 5.92 Å². The van der Waals surface area contributed by atoms with Gasteiger partial charge in [-0.25, -0.2) is 9.97 Å². The standard InChI is InChI=1S/C19H28N4O3.C3H8O2.C2H7N/c1-3-25-16(26-4-2)8-6-14-10-23(15-7-5-13(9-15)11-24)19-17(14)18(20)21-12-22-19;1-3(2,4)5;1-3-2/h10-13,15-16H,3-9H2,1-2H3,(H2,20,21,22);4-5H,1-2H3;3H,1-2H3/t13-,15+;;/m1../s1. The van der Waals surface area contributed by atoms with Crippen LogP contribution in [0.1, 0.15) is 65.0 Å². The average molecular weight is 482 g/mol. The van der Waals surface area contributed by atoms with Crippen LogP contribution in [-0.2, 0) is 20.7 Å². The number of carbonyl (C=O) groups excluding carboxylic acids is 1. The van der Waals surface area contributed by atoms with Gasteiger partial charge in [0.1, 0.15) is 24.1 Å². The molecule has 0 spiro atoms. The Bertz CT molecular complexity index is 840. The van der Waals surface area contributed by atoms with Gasteiger partial charge in [0, 0.05) is 37.8 Å². The minimum absolute atomic E-state index is 0.139. The Morgan fingerprint density at radius 3 is 2.32 bits per heavy atom. The second kappa shape index (κ2) is 15.0. The molecule has 0 amide bonds. The molecule has 5 N–H and O–H groups in total. The fourth-order valence-electron chi connectivity index (χ4n) is 3.88. The van der Waals surface area contributed by atoms with Gasteiger partial charge in [0.15, 0.2) is 12.1 Å². The number of nitrogens with one attached hydrogen (secondary N) is 1. The van der Waals surface area contributed by atoms with Crippen LogP contribution in [0.15, 0.2) is 12.5 Å². The Morgan fingerprint density at radius 2 is 1.82 bits per heavy atom. The lowest BCUT2D eigenvalue weighted by Crippen LogP contribution is -2.18. The fourth-order valence-corrected chi connectivity index (χ4v) is 3.88. The van der Waals surface area contributed by atoms with Crippen LogP contribution < -0.4 is 11.1 Å². The van der Waals surface area contributed by atoms with Crippen LogP contribution in [-0.4, -0.2) is 70.4 Å². The lowest BCUT2D eigenvalue weighted by atomic mass is 10.1. The molecule has 0 bridgehead atoms. The summed E-state index contributed by atoms with van der Waals surface area (Å²) in [4.78, 5) is 19.8. The summed E-state index contributed by atoms with van der Waals surface area (Å²) in [6, 6.07) is 0.283. The molecular weight excluding hydrogens is 438 g/mol. The van der Waals surface area contributed by atoms with E-state index in [9.17, 15) is 4.79 Å². The molecule has 194 valence electrons. The van der Waals surface area contributed by atoms with E-state index in [1.165, 1.54) is 20.2 Å². The SMILES string of the molecule is CC(C)(O)O.CCOC(CCc1cn([C@H]2CC[C@@H](C=O)C2)c2ncnc(N)c12)OCC.CNC. The smallest absolute Gasteiger partial charge is 0.157 e. The Labute approximate surface area is 202 Å². The zero-order chi connectivity index (χ0) is 25.7. The van der Waals surface area contributed by atoms with E-state index in [4.69, 9.17) is 25.4 Å². The quantitative estimate of drug-likeness (QED) is 0.313. The number of ether oxygens (including phenoxy) is 2. The summed E-state index contributed by atoms with van der Waals surface area (Å²) in [5.41, 5.74) is 8.13. The van der Waals surface area contributed by atoms with Crippen molar-refractivity contribution in [1.29, 1.82) is 0 Å². The first-order valence-corrected chi connectivity index (χ1v) is 11.9. The van der Waals surface area contributed by atoms with Crippen molar-refractivity contribution in [3.8, 4) is 0 Å². The number of aromatic nitrogens is 3. The van der Waals surface area contributed by atoms with Gasteiger partial charge >= 0.3 is 0 Å². The lowest BCUT2D eigenvalue weighted by molar-refractivity contribution is -0.139. The number of fused-ring (bicyclic) bond motifs is 1. The molecule has 0 aliphatic heterocycles. The largest absolute Gasteiger partial charge is 0.383 e. The third-order valence-electron chi connectivity index (χ3n) is 5.10. The fraction of sp³-hybridized carbons (Fsp3) is 0.708. The first-order chi connectivity index (χ1) is 16.1. The van der Waals surface area contributed by atoms with Gasteiger partial charge < -0.3 is 40.1 Å². The molecule has 1 aliphatic carbocycles. The highest BCUT2D eigenvalue weighted by Gasteiger charge is 2.28. The molecule has 10 heteroatoms. The Kier molecular flexibility index (Phi) is 13.2. The maximum atomic E-state index is 11.1. The molecule has 1 aliphatic rings. The van der Waals surface area contributed by atoms with E-state index >= 15 is 0 Å². The van der Waals surface area contributed by atoms with Crippen LogP contribution >= 0.6 is 0 Å². The third-order valence-corrected chi connectivity index (χ3v) is 5.10. The number of nitrogen functional groups attached to an aromatic ring is 1. The molecule has 2 aromatic heterocycles. The number of aryl methyl sites for hydroxylation is 1. The Balaban J connectivity index is 0.000000629. The molecule has 34 heavy (non-hydrogen) atoms. The predicted molar refractivity (Wildman–Crippen MR) is 133 cm³/mol. The molecule has 3 rings (SSSR count). The van der Waals surface area contributed by atoms with Gasteiger partial charge in [-0.3, -0.25) is 0 Å². The van der Waals surface area contributed by atoms with Gasteiger partial charge in [-0.1, -0.05) is 0 Å². The predicted octanol–water partition coefficient (Wildman–Crippen LogP) is 2.43. The van der Waals surface area contributed by atoms with E-state index in [0.29, 0.717) is 19.0 Å². The van der Waals surface area contributed by atoms with E-state index < -0.39 is 5.79 Å². The van der Waals surface area contributed by atoms with Gasteiger partial charge in [-0.05, 0) is 73.0 Å². The molecule has 2 aromatic rings. The maximum Gasteiger partial charge on any atom is 0.157 e. The molecular formula is C24H43N5O5. The summed E-state index contributed by atoms with van der Waals surface area (Å²) >= 11 is 0. The number of hydrogen-bond acceptors (Lipinski definition) is 9. The number of nitrogens with zero attached hydrogens (tertiary/aromatic N) is 3. The number of aliphatic hydroxyl groups is 2. The third kappa shape index (κ3) is 10.0. The molecule has 10 nitrogen and oxygen atoms in total. The summed E-state index contributed by atoms with van der Waals surface area (Å²) in [6.45, 7) is 7.76. The highest BCUT2D eigenvalue weighted by molar-refractivity contribution is 5.90. The van der Waals surface area contributed by atoms with Gasteiger partial charge in [0.2, 0.25) is 0 Å². The van der Waals surface area contributed by atoms with Crippen LogP contribution in [0.4, 0.5) is 5.82 Å². The van der Waals surface area contributed by atoms with Crippen LogP contribution in [0.3, 0.4) is 0 Å². The van der Waals surface area contributed by atoms with E-state index in [1.807, 2.05) is 27.9 Å². The van der Waals surface area contributed by atoms with Crippen molar-refractivity contribution in [1.82, 2.24) is 19.9 Å². The maximum absolute atomic E-state index is 11.1. The minimum Gasteiger partial charge on any atom is -0.383 e. The number of hydrogen-bond donors (Lipinski definition) is 4. The number of rotatable bonds is 9. The zero-order valence-corrected chi connectivity index (χ0v) is 21.5. The summed E-state index contributed by atoms with van der Waals surface area (Å²) in [5, 5.41) is 19.8. The van der Waals surface area contributed by atoms with E-state index in [-0.39, 0.29) is 18.2 Å². The summed E-state index contributed by atoms with van der Waals surface area (Å²) < 4.78 is 13.5. The second-order valence-corrected chi connectivity index (χ2v) is 8.76. The van der Waals surface area contributed by atoms with Crippen LogP contribution in [0.5, 0.6) is 0 Å². The topological polar surface area (TPSA) is 145 Å². The molecule has 0 unspecified atom stereocenters. The zero-order valence-electron chi connectivity index (χ0n) is 21.5. The first-order valence-electron chi connectivity index (χ1n) is 11.9. The lowest BCUT2D eigenvalue weighted by Gasteiger charge is -2.16. The van der Waals surface area contributed by atoms with Crippen molar-refractivity contribution in [3.05, 3.63) is 18.1 Å². The highest BCUT2D eigenvalue weighted by Crippen LogP contribution is 2.37. The monoisotopic (exact) mass is 481 g/mol. The van der Waals surface area contributed by atoms with Crippen LogP contribution in [0.2, 0.25) is 0 Å². The normalized spacial score (nSPS) is 17.8. The van der Waals surface area contributed by atoms with Crippen molar-refractivity contribution in [2.45, 2.75) is 77.9 Å². The summed E-state index contributed by atoms with van der Waals surface area (Å²) in [6.07, 6.45) is 8.78. The van der Waals surface area contributed by atoms with Crippen molar-refractivity contribution in [3.63, 3.8) is 0 Å². The number of carbonyl (C=O) groups is 1. The second-order valence-electron chi connectivity index (χ2n) is 8.76. The van der Waals surface area contributed by atoms with E-state index in [2.05, 4.69) is 26.0 Å². The first kappa shape index (κ1) is 29.9. The molecule has 0 saturated heterocycles. The number of anilines is 1. The molecule has 1 fully saturated rings. The number of nitrogens with two attached hydrogens (primary N) is 1. The van der Waals surface area contributed by atoms with Gasteiger partial charge in [0.05, 0.1) is 5.39 Å². The summed E-state index contributed by atoms with van der Waals surface area (Å²) in [5.74, 6) is -0.863. The van der Waals surface area contributed by atoms with Crippen LogP contribution in [0.25, 0.3) is 11.0 Å². The Morgan fingerprint density at radius 1 is 1.24 bits per heavy atom. The number of aldehydes is 1. The van der Waals surface area contributed by atoms with Gasteiger partial charge in [-0.2, -0.15) is 0 Å². The molecule has 1 saturated carbocycles. The van der Waals surface area contributed by atoms with E-state index in [1.54, 1.807) is 0 Å².